The number of thioether (sulfide) groups is 1. The van der Waals surface area contributed by atoms with Crippen LogP contribution in [0.4, 0.5) is 4.79 Å². The average molecular weight is 325 g/mol. The van der Waals surface area contributed by atoms with Gasteiger partial charge in [0.15, 0.2) is 5.70 Å². The van der Waals surface area contributed by atoms with Crippen LogP contribution in [0.5, 0.6) is 0 Å². The summed E-state index contributed by atoms with van der Waals surface area (Å²) < 4.78 is 5.40. The van der Waals surface area contributed by atoms with Crippen molar-refractivity contribution in [2.45, 2.75) is 31.9 Å². The number of ether oxygens (including phenoxy) is 1. The summed E-state index contributed by atoms with van der Waals surface area (Å²) in [6, 6.07) is 0. The average Bonchev–Trinajstić information content (AvgIpc) is 2.37. The molecule has 3 N–H and O–H groups in total. The fourth-order valence-electron chi connectivity index (χ4n) is 1.13. The highest BCUT2D eigenvalue weighted by Crippen LogP contribution is 2.40. The molecule has 1 heterocycles. The second-order valence-corrected chi connectivity index (χ2v) is 6.73. The van der Waals surface area contributed by atoms with Crippen molar-refractivity contribution in [1.82, 2.24) is 4.90 Å². The van der Waals surface area contributed by atoms with Crippen molar-refractivity contribution in [2.24, 2.45) is 5.73 Å². The van der Waals surface area contributed by atoms with Crippen LogP contribution in [-0.4, -0.2) is 33.2 Å². The number of hydrogen-bond acceptors (Lipinski definition) is 5. The van der Waals surface area contributed by atoms with Gasteiger partial charge < -0.3 is 15.6 Å². The van der Waals surface area contributed by atoms with Crippen LogP contribution < -0.4 is 5.73 Å². The monoisotopic (exact) mass is 324 g/mol. The minimum Gasteiger partial charge on any atom is -0.477 e. The Morgan fingerprint density at radius 1 is 1.53 bits per heavy atom. The molecule has 0 spiro atoms. The van der Waals surface area contributed by atoms with Gasteiger partial charge in [-0.05, 0) is 36.7 Å². The molecule has 0 aromatic rings. The molecule has 0 aliphatic carbocycles. The van der Waals surface area contributed by atoms with E-state index in [-0.39, 0.29) is 5.70 Å². The molecule has 0 aromatic carbocycles. The second-order valence-electron chi connectivity index (χ2n) is 4.29. The fourth-order valence-corrected chi connectivity index (χ4v) is 2.87. The zero-order valence-corrected chi connectivity index (χ0v) is 12.0. The third-order valence-electron chi connectivity index (χ3n) is 1.70. The lowest BCUT2D eigenvalue weighted by Gasteiger charge is -2.26. The van der Waals surface area contributed by atoms with Crippen LogP contribution in [0.3, 0.4) is 0 Å². The molecule has 17 heavy (non-hydrogen) atoms. The standard InChI is InChI=1S/C9H13BrN2O4S/c1-9(2,3)16-8(15)12-4(6(13)14)5(10)17-7(12)11/h7H,11H2,1-3H3,(H,13,14). The summed E-state index contributed by atoms with van der Waals surface area (Å²) in [4.78, 5) is 23.8. The summed E-state index contributed by atoms with van der Waals surface area (Å²) in [5.41, 5.74) is 3.96. The van der Waals surface area contributed by atoms with Crippen molar-refractivity contribution >= 4 is 39.8 Å². The first kappa shape index (κ1) is 14.3. The van der Waals surface area contributed by atoms with Crippen LogP contribution in [-0.2, 0) is 9.53 Å². The van der Waals surface area contributed by atoms with E-state index in [1.54, 1.807) is 20.8 Å². The first-order valence-electron chi connectivity index (χ1n) is 4.71. The highest BCUT2D eigenvalue weighted by Gasteiger charge is 2.40. The maximum Gasteiger partial charge on any atom is 0.417 e. The summed E-state index contributed by atoms with van der Waals surface area (Å²) in [6.07, 6.45) is -0.774. The lowest BCUT2D eigenvalue weighted by Crippen LogP contribution is -2.44. The second kappa shape index (κ2) is 4.87. The van der Waals surface area contributed by atoms with E-state index in [0.717, 1.165) is 16.7 Å². The summed E-state index contributed by atoms with van der Waals surface area (Å²) in [6.45, 7) is 5.08. The zero-order valence-electron chi connectivity index (χ0n) is 9.56. The third kappa shape index (κ3) is 3.36. The van der Waals surface area contributed by atoms with Crippen LogP contribution in [0, 0.1) is 0 Å². The number of nitrogens with two attached hydrogens (primary N) is 1. The Kier molecular flexibility index (Phi) is 4.11. The van der Waals surface area contributed by atoms with E-state index in [4.69, 9.17) is 15.6 Å². The molecule has 1 aliphatic heterocycles. The Hall–Kier alpha value is -0.730. The molecule has 1 unspecified atom stereocenters. The molecule has 0 aromatic heterocycles. The molecule has 1 amide bonds. The lowest BCUT2D eigenvalue weighted by molar-refractivity contribution is -0.134. The summed E-state index contributed by atoms with van der Waals surface area (Å²) in [5.74, 6) is -1.23. The lowest BCUT2D eigenvalue weighted by atomic mass is 10.2. The number of rotatable bonds is 1. The van der Waals surface area contributed by atoms with E-state index in [1.807, 2.05) is 0 Å². The van der Waals surface area contributed by atoms with Gasteiger partial charge in [-0.15, -0.1) is 0 Å². The Balaban J connectivity index is 2.96. The van der Waals surface area contributed by atoms with E-state index in [9.17, 15) is 9.59 Å². The zero-order chi connectivity index (χ0) is 13.4. The van der Waals surface area contributed by atoms with Crippen molar-refractivity contribution in [2.75, 3.05) is 0 Å². The Bertz CT molecular complexity index is 391. The van der Waals surface area contributed by atoms with Crippen molar-refractivity contribution < 1.29 is 19.4 Å². The number of carboxylic acids is 1. The van der Waals surface area contributed by atoms with Gasteiger partial charge in [0.2, 0.25) is 0 Å². The number of carbonyl (C=O) groups excluding carboxylic acids is 1. The van der Waals surface area contributed by atoms with Gasteiger partial charge >= 0.3 is 12.1 Å². The highest BCUT2D eigenvalue weighted by molar-refractivity contribution is 9.14. The van der Waals surface area contributed by atoms with Crippen molar-refractivity contribution in [3.05, 3.63) is 9.51 Å². The normalized spacial score (nSPS) is 20.8. The summed E-state index contributed by atoms with van der Waals surface area (Å²) in [5, 5.41) is 9.01. The van der Waals surface area contributed by atoms with Gasteiger partial charge in [-0.1, -0.05) is 11.8 Å². The van der Waals surface area contributed by atoms with Gasteiger partial charge in [-0.3, -0.25) is 0 Å². The quantitative estimate of drug-likeness (QED) is 0.764. The molecule has 0 saturated heterocycles. The highest BCUT2D eigenvalue weighted by atomic mass is 79.9. The Morgan fingerprint density at radius 3 is 2.47 bits per heavy atom. The first-order chi connectivity index (χ1) is 7.63. The fraction of sp³-hybridized carbons (Fsp3) is 0.556. The first-order valence-corrected chi connectivity index (χ1v) is 6.38. The van der Waals surface area contributed by atoms with Gasteiger partial charge in [-0.2, -0.15) is 0 Å². The predicted octanol–water partition coefficient (Wildman–Crippen LogP) is 1.86. The topological polar surface area (TPSA) is 92.9 Å². The van der Waals surface area contributed by atoms with Crippen LogP contribution in [0.2, 0.25) is 0 Å². The molecule has 0 fully saturated rings. The molecule has 0 radical (unpaired) electrons. The van der Waals surface area contributed by atoms with Crippen LogP contribution in [0.25, 0.3) is 0 Å². The molecule has 0 bridgehead atoms. The van der Waals surface area contributed by atoms with Gasteiger partial charge in [0, 0.05) is 0 Å². The number of aliphatic carboxylic acids is 1. The van der Waals surface area contributed by atoms with E-state index >= 15 is 0 Å². The molecule has 6 nitrogen and oxygen atoms in total. The van der Waals surface area contributed by atoms with Crippen LogP contribution in [0.1, 0.15) is 20.8 Å². The summed E-state index contributed by atoms with van der Waals surface area (Å²) in [7, 11) is 0. The third-order valence-corrected chi connectivity index (χ3v) is 3.49. The van der Waals surface area contributed by atoms with Gasteiger partial charge in [0.05, 0.1) is 3.81 Å². The Morgan fingerprint density at radius 2 is 2.06 bits per heavy atom. The largest absolute Gasteiger partial charge is 0.477 e. The molecule has 8 heteroatoms. The molecule has 96 valence electrons. The van der Waals surface area contributed by atoms with Crippen LogP contribution >= 0.6 is 27.7 Å². The van der Waals surface area contributed by atoms with Gasteiger partial charge in [0.1, 0.15) is 11.1 Å². The number of halogens is 1. The van der Waals surface area contributed by atoms with E-state index in [1.165, 1.54) is 0 Å². The van der Waals surface area contributed by atoms with E-state index in [0.29, 0.717) is 3.81 Å². The molecule has 1 atom stereocenters. The summed E-state index contributed by atoms with van der Waals surface area (Å²) >= 11 is 4.10. The molecular weight excluding hydrogens is 312 g/mol. The van der Waals surface area contributed by atoms with E-state index < -0.39 is 23.2 Å². The predicted molar refractivity (Wildman–Crippen MR) is 67.2 cm³/mol. The van der Waals surface area contributed by atoms with Gasteiger partial charge in [-0.25, -0.2) is 14.5 Å². The maximum atomic E-state index is 11.8. The number of hydrogen-bond donors (Lipinski definition) is 2. The number of amides is 1. The Labute approximate surface area is 111 Å². The van der Waals surface area contributed by atoms with Crippen molar-refractivity contribution in [3.8, 4) is 0 Å². The smallest absolute Gasteiger partial charge is 0.417 e. The number of nitrogens with zero attached hydrogens (tertiary/aromatic N) is 1. The molecule has 1 rings (SSSR count). The molecule has 1 aliphatic rings. The van der Waals surface area contributed by atoms with Crippen LogP contribution in [0.15, 0.2) is 9.51 Å². The van der Waals surface area contributed by atoms with Crippen molar-refractivity contribution in [1.29, 1.82) is 0 Å². The maximum absolute atomic E-state index is 11.8. The SMILES string of the molecule is CC(C)(C)OC(=O)N1C(C(=O)O)=C(Br)SC1N. The minimum atomic E-state index is -1.23. The molecular formula is C9H13BrN2O4S. The number of carboxylic acid groups (broad SMARTS) is 1. The number of carbonyl (C=O) groups is 2. The van der Waals surface area contributed by atoms with Crippen molar-refractivity contribution in [3.63, 3.8) is 0 Å². The molecule has 0 saturated carbocycles. The van der Waals surface area contributed by atoms with Gasteiger partial charge in [0.25, 0.3) is 0 Å². The minimum absolute atomic E-state index is 0.197. The van der Waals surface area contributed by atoms with E-state index in [2.05, 4.69) is 15.9 Å².